The number of benzene rings is 2. The minimum Gasteiger partial charge on any atom is -0.497 e. The molecule has 2 aliphatic heterocycles. The van der Waals surface area contributed by atoms with Gasteiger partial charge in [-0.2, -0.15) is 0 Å². The van der Waals surface area contributed by atoms with Gasteiger partial charge in [0.2, 0.25) is 5.91 Å². The summed E-state index contributed by atoms with van der Waals surface area (Å²) in [5.74, 6) is -0.209. The first-order valence-electron chi connectivity index (χ1n) is 12.5. The SMILES string of the molecule is CCOC(=O)[C@H]1CCCN(C(=O)[C@H]2c3cc(OC)c(OC)cc3C(=O)N(C)[C@@H]2c2ccc(OC)cc2)C1. The molecule has 0 N–H and O–H groups in total. The molecule has 0 spiro atoms. The lowest BCUT2D eigenvalue weighted by Gasteiger charge is -2.43. The number of piperidine rings is 1. The summed E-state index contributed by atoms with van der Waals surface area (Å²) in [6.45, 7) is 2.88. The van der Waals surface area contributed by atoms with E-state index in [-0.39, 0.29) is 30.2 Å². The number of carbonyl (C=O) groups excluding carboxylic acids is 3. The van der Waals surface area contributed by atoms with Crippen molar-refractivity contribution in [2.45, 2.75) is 31.7 Å². The van der Waals surface area contributed by atoms with Crippen molar-refractivity contribution in [3.05, 3.63) is 53.1 Å². The molecule has 2 aromatic rings. The van der Waals surface area contributed by atoms with Crippen LogP contribution in [0.1, 0.15) is 53.2 Å². The molecule has 0 saturated carbocycles. The smallest absolute Gasteiger partial charge is 0.310 e. The third-order valence-corrected chi connectivity index (χ3v) is 7.25. The summed E-state index contributed by atoms with van der Waals surface area (Å²) in [4.78, 5) is 43.7. The molecular formula is C28H34N2O7. The average Bonchev–Trinajstić information content (AvgIpc) is 2.94. The third kappa shape index (κ3) is 4.95. The maximum atomic E-state index is 14.3. The van der Waals surface area contributed by atoms with Crippen LogP contribution in [-0.2, 0) is 14.3 Å². The molecule has 2 aliphatic rings. The number of nitrogens with zero attached hydrogens (tertiary/aromatic N) is 2. The number of ether oxygens (including phenoxy) is 4. The van der Waals surface area contributed by atoms with E-state index in [0.29, 0.717) is 54.4 Å². The van der Waals surface area contributed by atoms with E-state index in [1.165, 1.54) is 14.2 Å². The van der Waals surface area contributed by atoms with Gasteiger partial charge in [-0.25, -0.2) is 0 Å². The highest BCUT2D eigenvalue weighted by molar-refractivity contribution is 6.02. The number of carbonyl (C=O) groups is 3. The van der Waals surface area contributed by atoms with Gasteiger partial charge in [-0.05, 0) is 55.2 Å². The fraction of sp³-hybridized carbons (Fsp3) is 0.464. The van der Waals surface area contributed by atoms with Crippen LogP contribution in [0.3, 0.4) is 0 Å². The Balaban J connectivity index is 1.81. The Morgan fingerprint density at radius 2 is 1.68 bits per heavy atom. The summed E-state index contributed by atoms with van der Waals surface area (Å²) in [6.07, 6.45) is 1.37. The summed E-state index contributed by atoms with van der Waals surface area (Å²) in [6, 6.07) is 10.2. The van der Waals surface area contributed by atoms with Crippen molar-refractivity contribution in [3.63, 3.8) is 0 Å². The van der Waals surface area contributed by atoms with Gasteiger partial charge in [0.15, 0.2) is 11.5 Å². The number of hydrogen-bond donors (Lipinski definition) is 0. The van der Waals surface area contributed by atoms with Gasteiger partial charge in [0.25, 0.3) is 5.91 Å². The molecule has 4 rings (SSSR count). The van der Waals surface area contributed by atoms with Gasteiger partial charge in [-0.1, -0.05) is 12.1 Å². The molecule has 2 aromatic carbocycles. The minimum absolute atomic E-state index is 0.150. The Labute approximate surface area is 217 Å². The van der Waals surface area contributed by atoms with Gasteiger partial charge in [0, 0.05) is 25.7 Å². The molecular weight excluding hydrogens is 476 g/mol. The van der Waals surface area contributed by atoms with Crippen molar-refractivity contribution >= 4 is 17.8 Å². The van der Waals surface area contributed by atoms with Crippen molar-refractivity contribution in [1.82, 2.24) is 9.80 Å². The first-order valence-corrected chi connectivity index (χ1v) is 12.5. The molecule has 37 heavy (non-hydrogen) atoms. The van der Waals surface area contributed by atoms with Gasteiger partial charge >= 0.3 is 5.97 Å². The molecule has 3 atom stereocenters. The van der Waals surface area contributed by atoms with Crippen LogP contribution in [0.25, 0.3) is 0 Å². The average molecular weight is 511 g/mol. The number of likely N-dealkylation sites (tertiary alicyclic amines) is 1. The predicted molar refractivity (Wildman–Crippen MR) is 136 cm³/mol. The third-order valence-electron chi connectivity index (χ3n) is 7.25. The summed E-state index contributed by atoms with van der Waals surface area (Å²) in [5, 5.41) is 0. The highest BCUT2D eigenvalue weighted by Crippen LogP contribution is 2.46. The summed E-state index contributed by atoms with van der Waals surface area (Å²) >= 11 is 0. The fourth-order valence-corrected chi connectivity index (χ4v) is 5.36. The van der Waals surface area contributed by atoms with Gasteiger partial charge < -0.3 is 28.7 Å². The fourth-order valence-electron chi connectivity index (χ4n) is 5.36. The number of rotatable bonds is 7. The van der Waals surface area contributed by atoms with E-state index >= 15 is 0 Å². The Bertz CT molecular complexity index is 1160. The van der Waals surface area contributed by atoms with Crippen LogP contribution in [0, 0.1) is 5.92 Å². The molecule has 198 valence electrons. The molecule has 9 nitrogen and oxygen atoms in total. The lowest BCUT2D eigenvalue weighted by atomic mass is 9.78. The molecule has 2 amide bonds. The van der Waals surface area contributed by atoms with Gasteiger partial charge in [-0.3, -0.25) is 14.4 Å². The molecule has 0 aliphatic carbocycles. The van der Waals surface area contributed by atoms with E-state index in [1.807, 2.05) is 24.3 Å². The number of amides is 2. The van der Waals surface area contributed by atoms with E-state index in [4.69, 9.17) is 18.9 Å². The Kier molecular flexibility index (Phi) is 7.90. The van der Waals surface area contributed by atoms with E-state index in [1.54, 1.807) is 43.0 Å². The van der Waals surface area contributed by atoms with Crippen molar-refractivity contribution in [3.8, 4) is 17.2 Å². The van der Waals surface area contributed by atoms with Gasteiger partial charge in [0.05, 0.1) is 45.8 Å². The molecule has 2 heterocycles. The second kappa shape index (κ2) is 11.1. The molecule has 0 radical (unpaired) electrons. The highest BCUT2D eigenvalue weighted by atomic mass is 16.5. The first-order chi connectivity index (χ1) is 17.8. The maximum absolute atomic E-state index is 14.3. The van der Waals surface area contributed by atoms with Crippen molar-refractivity contribution in [2.75, 3.05) is 48.1 Å². The lowest BCUT2D eigenvalue weighted by Crippen LogP contribution is -2.50. The van der Waals surface area contributed by atoms with Crippen LogP contribution in [0.4, 0.5) is 0 Å². The second-order valence-electron chi connectivity index (χ2n) is 9.28. The van der Waals surface area contributed by atoms with Crippen LogP contribution >= 0.6 is 0 Å². The van der Waals surface area contributed by atoms with Crippen molar-refractivity contribution < 1.29 is 33.3 Å². The lowest BCUT2D eigenvalue weighted by molar-refractivity contribution is -0.151. The van der Waals surface area contributed by atoms with E-state index < -0.39 is 12.0 Å². The maximum Gasteiger partial charge on any atom is 0.310 e. The largest absolute Gasteiger partial charge is 0.497 e. The molecule has 0 bridgehead atoms. The summed E-state index contributed by atoms with van der Waals surface area (Å²) in [7, 11) is 6.32. The standard InChI is InChI=1S/C28H34N2O7/c1-6-37-28(33)18-8-7-13-30(16-18)27(32)24-20-14-22(35-4)23(36-5)15-21(20)26(31)29(2)25(24)17-9-11-19(34-3)12-10-17/h9-12,14-15,18,24-25H,6-8,13,16H2,1-5H3/t18-,24-,25+/m0/s1. The van der Waals surface area contributed by atoms with Crippen molar-refractivity contribution in [2.24, 2.45) is 5.92 Å². The molecule has 0 aromatic heterocycles. The Hall–Kier alpha value is -3.75. The number of hydrogen-bond acceptors (Lipinski definition) is 7. The number of likely N-dealkylation sites (N-methyl/N-ethyl adjacent to an activating group) is 1. The highest BCUT2D eigenvalue weighted by Gasteiger charge is 2.46. The summed E-state index contributed by atoms with van der Waals surface area (Å²) in [5.41, 5.74) is 1.77. The number of fused-ring (bicyclic) bond motifs is 1. The quantitative estimate of drug-likeness (QED) is 0.527. The summed E-state index contributed by atoms with van der Waals surface area (Å²) < 4.78 is 21.5. The van der Waals surface area contributed by atoms with Gasteiger partial charge in [-0.15, -0.1) is 0 Å². The van der Waals surface area contributed by atoms with Crippen LogP contribution in [0.15, 0.2) is 36.4 Å². The predicted octanol–water partition coefficient (Wildman–Crippen LogP) is 3.42. The molecule has 1 saturated heterocycles. The minimum atomic E-state index is -0.716. The Morgan fingerprint density at radius 1 is 1.00 bits per heavy atom. The van der Waals surface area contributed by atoms with Crippen LogP contribution in [0.5, 0.6) is 17.2 Å². The number of esters is 1. The van der Waals surface area contributed by atoms with Crippen LogP contribution in [0.2, 0.25) is 0 Å². The molecule has 0 unspecified atom stereocenters. The zero-order valence-electron chi connectivity index (χ0n) is 22.0. The van der Waals surface area contributed by atoms with Crippen LogP contribution < -0.4 is 14.2 Å². The zero-order valence-corrected chi connectivity index (χ0v) is 22.0. The van der Waals surface area contributed by atoms with Crippen LogP contribution in [-0.4, -0.2) is 75.7 Å². The van der Waals surface area contributed by atoms with E-state index in [0.717, 1.165) is 5.56 Å². The molecule has 1 fully saturated rings. The van der Waals surface area contributed by atoms with Crippen molar-refractivity contribution in [1.29, 1.82) is 0 Å². The van der Waals surface area contributed by atoms with E-state index in [9.17, 15) is 14.4 Å². The Morgan fingerprint density at radius 3 is 2.30 bits per heavy atom. The normalized spacial score (nSPS) is 21.2. The number of methoxy groups -OCH3 is 3. The first kappa shape index (κ1) is 26.3. The second-order valence-corrected chi connectivity index (χ2v) is 9.28. The monoisotopic (exact) mass is 510 g/mol. The topological polar surface area (TPSA) is 94.6 Å². The van der Waals surface area contributed by atoms with Gasteiger partial charge in [0.1, 0.15) is 5.75 Å². The molecule has 9 heteroatoms. The zero-order chi connectivity index (χ0) is 26.7. The van der Waals surface area contributed by atoms with E-state index in [2.05, 4.69) is 0 Å².